The van der Waals surface area contributed by atoms with Crippen molar-refractivity contribution >= 4 is 23.3 Å². The Morgan fingerprint density at radius 2 is 1.96 bits per heavy atom. The lowest BCUT2D eigenvalue weighted by atomic mass is 9.93. The molecule has 0 bridgehead atoms. The van der Waals surface area contributed by atoms with Crippen LogP contribution in [0.5, 0.6) is 5.75 Å². The predicted molar refractivity (Wildman–Crippen MR) is 106 cm³/mol. The van der Waals surface area contributed by atoms with E-state index in [4.69, 9.17) is 4.74 Å². The molecule has 2 aromatic carbocycles. The van der Waals surface area contributed by atoms with Crippen molar-refractivity contribution in [3.8, 4) is 5.75 Å². The zero-order valence-electron chi connectivity index (χ0n) is 14.5. The quantitative estimate of drug-likeness (QED) is 0.658. The van der Waals surface area contributed by atoms with Crippen molar-refractivity contribution in [2.75, 3.05) is 5.75 Å². The summed E-state index contributed by atoms with van der Waals surface area (Å²) >= 11 is 1.64. The van der Waals surface area contributed by atoms with E-state index in [1.165, 1.54) is 0 Å². The zero-order chi connectivity index (χ0) is 18.6. The number of carbonyl (C=O) groups is 1. The molecule has 0 fully saturated rings. The lowest BCUT2D eigenvalue weighted by Crippen LogP contribution is -1.99. The fourth-order valence-corrected chi connectivity index (χ4v) is 3.80. The number of carboxylic acid groups (broad SMARTS) is 1. The van der Waals surface area contributed by atoms with E-state index in [1.807, 2.05) is 36.4 Å². The molecule has 2 heterocycles. The van der Waals surface area contributed by atoms with E-state index < -0.39 is 5.97 Å². The molecule has 0 spiro atoms. The van der Waals surface area contributed by atoms with E-state index in [2.05, 4.69) is 17.1 Å². The van der Waals surface area contributed by atoms with Crippen molar-refractivity contribution in [2.45, 2.75) is 11.6 Å². The van der Waals surface area contributed by atoms with Crippen LogP contribution in [0.3, 0.4) is 0 Å². The smallest absolute Gasteiger partial charge is 0.335 e. The molecule has 27 heavy (non-hydrogen) atoms. The van der Waals surface area contributed by atoms with Crippen molar-refractivity contribution in [3.63, 3.8) is 0 Å². The summed E-state index contributed by atoms with van der Waals surface area (Å²) in [6.45, 7) is 0.459. The Kier molecular flexibility index (Phi) is 4.94. The first-order chi connectivity index (χ1) is 13.2. The second kappa shape index (κ2) is 7.68. The summed E-state index contributed by atoms with van der Waals surface area (Å²) in [6, 6.07) is 18.9. The van der Waals surface area contributed by atoms with Crippen LogP contribution in [0.2, 0.25) is 0 Å². The van der Waals surface area contributed by atoms with Crippen LogP contribution in [0, 0.1) is 0 Å². The Morgan fingerprint density at radius 3 is 2.78 bits per heavy atom. The van der Waals surface area contributed by atoms with Crippen LogP contribution in [-0.2, 0) is 6.61 Å². The first kappa shape index (κ1) is 17.4. The maximum atomic E-state index is 11.5. The van der Waals surface area contributed by atoms with E-state index in [0.29, 0.717) is 12.4 Å². The number of thioether (sulfide) groups is 1. The van der Waals surface area contributed by atoms with Gasteiger partial charge in [0.25, 0.3) is 0 Å². The number of ether oxygens (including phenoxy) is 1. The standard InChI is InChI=1S/C22H17NO3S/c24-22(25)15-8-9-20-19(13-15)18(10-12-27-21-7-3-4-11-23-21)17-6-2-1-5-16(17)14-26-20/h1-11,13H,12,14H2,(H,24,25)/b18-10+. The van der Waals surface area contributed by atoms with Crippen molar-refractivity contribution in [2.24, 2.45) is 0 Å². The van der Waals surface area contributed by atoms with Gasteiger partial charge < -0.3 is 9.84 Å². The maximum Gasteiger partial charge on any atom is 0.335 e. The van der Waals surface area contributed by atoms with E-state index in [0.717, 1.165) is 33.0 Å². The number of benzene rings is 2. The molecule has 0 atom stereocenters. The molecular formula is C22H17NO3S. The Hall–Kier alpha value is -3.05. The van der Waals surface area contributed by atoms with Crippen molar-refractivity contribution < 1.29 is 14.6 Å². The van der Waals surface area contributed by atoms with Gasteiger partial charge in [-0.25, -0.2) is 9.78 Å². The van der Waals surface area contributed by atoms with Gasteiger partial charge in [0.2, 0.25) is 0 Å². The highest BCUT2D eigenvalue weighted by atomic mass is 32.2. The van der Waals surface area contributed by atoms with Gasteiger partial charge in [-0.15, -0.1) is 11.8 Å². The van der Waals surface area contributed by atoms with E-state index in [1.54, 1.807) is 36.2 Å². The first-order valence-electron chi connectivity index (χ1n) is 8.55. The molecule has 1 N–H and O–H groups in total. The number of aromatic nitrogens is 1. The summed E-state index contributed by atoms with van der Waals surface area (Å²) in [5, 5.41) is 10.3. The molecule has 1 aliphatic rings. The highest BCUT2D eigenvalue weighted by Crippen LogP contribution is 2.37. The summed E-state index contributed by atoms with van der Waals surface area (Å²) < 4.78 is 5.95. The Labute approximate surface area is 161 Å². The van der Waals surface area contributed by atoms with Gasteiger partial charge in [0.1, 0.15) is 12.4 Å². The van der Waals surface area contributed by atoms with Crippen molar-refractivity contribution in [1.82, 2.24) is 4.98 Å². The number of carboxylic acids is 1. The summed E-state index contributed by atoms with van der Waals surface area (Å²) in [6.07, 6.45) is 3.90. The summed E-state index contributed by atoms with van der Waals surface area (Å²) in [7, 11) is 0. The number of pyridine rings is 1. The molecule has 1 aromatic heterocycles. The minimum atomic E-state index is -0.947. The number of aromatic carboxylic acids is 1. The molecule has 1 aliphatic heterocycles. The monoisotopic (exact) mass is 375 g/mol. The van der Waals surface area contributed by atoms with Crippen LogP contribution in [0.25, 0.3) is 5.57 Å². The fraction of sp³-hybridized carbons (Fsp3) is 0.0909. The minimum absolute atomic E-state index is 0.250. The Balaban J connectivity index is 1.77. The molecule has 0 radical (unpaired) electrons. The number of rotatable bonds is 4. The zero-order valence-corrected chi connectivity index (χ0v) is 15.3. The van der Waals surface area contributed by atoms with Crippen LogP contribution >= 0.6 is 11.8 Å². The highest BCUT2D eigenvalue weighted by Gasteiger charge is 2.20. The molecule has 5 heteroatoms. The third kappa shape index (κ3) is 3.73. The molecule has 0 saturated carbocycles. The summed E-state index contributed by atoms with van der Waals surface area (Å²) in [5.74, 6) is 0.472. The average molecular weight is 375 g/mol. The maximum absolute atomic E-state index is 11.5. The largest absolute Gasteiger partial charge is 0.488 e. The lowest BCUT2D eigenvalue weighted by Gasteiger charge is -2.11. The number of hydrogen-bond acceptors (Lipinski definition) is 4. The fourth-order valence-electron chi connectivity index (χ4n) is 3.07. The molecule has 4 nitrogen and oxygen atoms in total. The lowest BCUT2D eigenvalue weighted by molar-refractivity contribution is 0.0697. The first-order valence-corrected chi connectivity index (χ1v) is 9.54. The molecular weight excluding hydrogens is 358 g/mol. The molecule has 4 rings (SSSR count). The van der Waals surface area contributed by atoms with Gasteiger partial charge in [0.15, 0.2) is 0 Å². The topological polar surface area (TPSA) is 59.4 Å². The second-order valence-electron chi connectivity index (χ2n) is 6.06. The van der Waals surface area contributed by atoms with Gasteiger partial charge >= 0.3 is 5.97 Å². The highest BCUT2D eigenvalue weighted by molar-refractivity contribution is 7.99. The van der Waals surface area contributed by atoms with Gasteiger partial charge in [-0.2, -0.15) is 0 Å². The normalized spacial score (nSPS) is 14.0. The SMILES string of the molecule is O=C(O)c1ccc2c(c1)/C(=C/CSc1ccccn1)c1ccccc1CO2. The molecule has 0 amide bonds. The minimum Gasteiger partial charge on any atom is -0.488 e. The Morgan fingerprint density at radius 1 is 1.11 bits per heavy atom. The van der Waals surface area contributed by atoms with Crippen LogP contribution in [0.1, 0.15) is 27.0 Å². The predicted octanol–water partition coefficient (Wildman–Crippen LogP) is 4.90. The number of fused-ring (bicyclic) bond motifs is 2. The number of nitrogens with zero attached hydrogens (tertiary/aromatic N) is 1. The van der Waals surface area contributed by atoms with E-state index in [9.17, 15) is 9.90 Å². The molecule has 0 aliphatic carbocycles. The summed E-state index contributed by atoms with van der Waals surface area (Å²) in [5.41, 5.74) is 4.20. The third-order valence-electron chi connectivity index (χ3n) is 4.36. The van der Waals surface area contributed by atoms with Gasteiger partial charge in [-0.05, 0) is 47.0 Å². The van der Waals surface area contributed by atoms with Gasteiger partial charge in [0, 0.05) is 17.5 Å². The van der Waals surface area contributed by atoms with Gasteiger partial charge in [0.05, 0.1) is 10.6 Å². The van der Waals surface area contributed by atoms with Crippen LogP contribution < -0.4 is 4.74 Å². The van der Waals surface area contributed by atoms with Crippen molar-refractivity contribution in [3.05, 3.63) is 95.2 Å². The van der Waals surface area contributed by atoms with Gasteiger partial charge in [-0.1, -0.05) is 36.4 Å². The van der Waals surface area contributed by atoms with Crippen LogP contribution in [-0.4, -0.2) is 21.8 Å². The molecule has 3 aromatic rings. The molecule has 0 unspecified atom stereocenters. The molecule has 0 saturated heterocycles. The Bertz CT molecular complexity index is 1020. The average Bonchev–Trinajstić information content (AvgIpc) is 2.86. The van der Waals surface area contributed by atoms with E-state index in [-0.39, 0.29) is 5.56 Å². The molecule has 134 valence electrons. The second-order valence-corrected chi connectivity index (χ2v) is 7.10. The summed E-state index contributed by atoms with van der Waals surface area (Å²) in [4.78, 5) is 15.8. The third-order valence-corrected chi connectivity index (χ3v) is 5.23. The van der Waals surface area contributed by atoms with Crippen molar-refractivity contribution in [1.29, 1.82) is 0 Å². The van der Waals surface area contributed by atoms with E-state index >= 15 is 0 Å². The van der Waals surface area contributed by atoms with Crippen LogP contribution in [0.15, 0.2) is 78.0 Å². The van der Waals surface area contributed by atoms with Crippen LogP contribution in [0.4, 0.5) is 0 Å². The number of hydrogen-bond donors (Lipinski definition) is 1. The van der Waals surface area contributed by atoms with Gasteiger partial charge in [-0.3, -0.25) is 0 Å².